The number of nitrogens with zero attached hydrogens (tertiary/aromatic N) is 3. The molecule has 18 heavy (non-hydrogen) atoms. The molecule has 0 aliphatic carbocycles. The molecule has 3 heterocycles. The van der Waals surface area contributed by atoms with Gasteiger partial charge in [-0.1, -0.05) is 6.07 Å². The molecule has 3 aromatic heterocycles. The number of carboxylic acids is 1. The van der Waals surface area contributed by atoms with E-state index in [0.29, 0.717) is 5.65 Å². The second-order valence-electron chi connectivity index (χ2n) is 3.81. The Morgan fingerprint density at radius 1 is 1.17 bits per heavy atom. The molecule has 0 amide bonds. The lowest BCUT2D eigenvalue weighted by molar-refractivity contribution is 0.0689. The highest BCUT2D eigenvalue weighted by Crippen LogP contribution is 2.19. The first-order chi connectivity index (χ1) is 8.75. The molecular formula is C13H9N3O2. The van der Waals surface area contributed by atoms with E-state index in [0.717, 1.165) is 11.3 Å². The summed E-state index contributed by atoms with van der Waals surface area (Å²) in [7, 11) is 0. The number of hydrogen-bond donors (Lipinski definition) is 1. The van der Waals surface area contributed by atoms with Gasteiger partial charge in [-0.05, 0) is 24.3 Å². The minimum absolute atomic E-state index is 0.195. The lowest BCUT2D eigenvalue weighted by Gasteiger charge is -1.97. The molecule has 88 valence electrons. The monoisotopic (exact) mass is 239 g/mol. The molecule has 0 aromatic carbocycles. The maximum atomic E-state index is 11.1. The second-order valence-corrected chi connectivity index (χ2v) is 3.81. The number of carbonyl (C=O) groups is 1. The van der Waals surface area contributed by atoms with Crippen LogP contribution in [0.15, 0.2) is 48.9 Å². The van der Waals surface area contributed by atoms with E-state index >= 15 is 0 Å². The van der Waals surface area contributed by atoms with Gasteiger partial charge in [0.15, 0.2) is 0 Å². The zero-order chi connectivity index (χ0) is 12.5. The summed E-state index contributed by atoms with van der Waals surface area (Å²) in [4.78, 5) is 19.4. The first-order valence-electron chi connectivity index (χ1n) is 5.37. The SMILES string of the molecule is O=C(O)c1cccc2nc(-c3ccncc3)cn12. The molecule has 0 atom stereocenters. The van der Waals surface area contributed by atoms with Crippen molar-refractivity contribution >= 4 is 11.6 Å². The van der Waals surface area contributed by atoms with Crippen molar-refractivity contribution < 1.29 is 9.90 Å². The Morgan fingerprint density at radius 3 is 2.67 bits per heavy atom. The molecule has 0 radical (unpaired) electrons. The summed E-state index contributed by atoms with van der Waals surface area (Å²) in [5, 5.41) is 9.10. The number of pyridine rings is 2. The predicted molar refractivity (Wildman–Crippen MR) is 65.4 cm³/mol. The number of hydrogen-bond acceptors (Lipinski definition) is 3. The largest absolute Gasteiger partial charge is 0.477 e. The molecule has 0 aliphatic heterocycles. The highest BCUT2D eigenvalue weighted by Gasteiger charge is 2.10. The van der Waals surface area contributed by atoms with Crippen molar-refractivity contribution in [3.63, 3.8) is 0 Å². The van der Waals surface area contributed by atoms with Gasteiger partial charge in [-0.2, -0.15) is 0 Å². The summed E-state index contributed by atoms with van der Waals surface area (Å²) >= 11 is 0. The molecule has 5 heteroatoms. The molecule has 0 unspecified atom stereocenters. The van der Waals surface area contributed by atoms with Gasteiger partial charge >= 0.3 is 5.97 Å². The maximum absolute atomic E-state index is 11.1. The predicted octanol–water partition coefficient (Wildman–Crippen LogP) is 2.09. The molecule has 5 nitrogen and oxygen atoms in total. The fraction of sp³-hybridized carbons (Fsp3) is 0. The normalized spacial score (nSPS) is 10.7. The highest BCUT2D eigenvalue weighted by atomic mass is 16.4. The first kappa shape index (κ1) is 10.5. The van der Waals surface area contributed by atoms with E-state index in [1.807, 2.05) is 12.1 Å². The van der Waals surface area contributed by atoms with Crippen LogP contribution in [0.1, 0.15) is 10.5 Å². The molecule has 0 spiro atoms. The van der Waals surface area contributed by atoms with Gasteiger partial charge in [-0.3, -0.25) is 9.38 Å². The molecule has 3 rings (SSSR count). The zero-order valence-corrected chi connectivity index (χ0v) is 9.32. The van der Waals surface area contributed by atoms with Crippen LogP contribution in [-0.4, -0.2) is 25.4 Å². The number of imidazole rings is 1. The van der Waals surface area contributed by atoms with E-state index in [2.05, 4.69) is 9.97 Å². The Morgan fingerprint density at radius 2 is 1.94 bits per heavy atom. The highest BCUT2D eigenvalue weighted by molar-refractivity contribution is 5.86. The molecule has 0 bridgehead atoms. The third-order valence-electron chi connectivity index (χ3n) is 2.69. The molecule has 1 N–H and O–H groups in total. The average molecular weight is 239 g/mol. The summed E-state index contributed by atoms with van der Waals surface area (Å²) in [6, 6.07) is 8.68. The van der Waals surface area contributed by atoms with Crippen LogP contribution in [0.5, 0.6) is 0 Å². The Bertz CT molecular complexity index is 719. The first-order valence-corrected chi connectivity index (χ1v) is 5.37. The molecule has 0 aliphatic rings. The van der Waals surface area contributed by atoms with Crippen molar-refractivity contribution in [3.05, 3.63) is 54.6 Å². The Hall–Kier alpha value is -2.69. The van der Waals surface area contributed by atoms with Gasteiger partial charge in [-0.25, -0.2) is 9.78 Å². The van der Waals surface area contributed by atoms with Crippen LogP contribution in [0.2, 0.25) is 0 Å². The van der Waals surface area contributed by atoms with Crippen LogP contribution in [0.4, 0.5) is 0 Å². The number of rotatable bonds is 2. The fourth-order valence-corrected chi connectivity index (χ4v) is 1.85. The van der Waals surface area contributed by atoms with E-state index in [1.54, 1.807) is 41.2 Å². The quantitative estimate of drug-likeness (QED) is 0.743. The van der Waals surface area contributed by atoms with Crippen molar-refractivity contribution in [3.8, 4) is 11.3 Å². The van der Waals surface area contributed by atoms with Gasteiger partial charge in [0.1, 0.15) is 11.3 Å². The van der Waals surface area contributed by atoms with Gasteiger partial charge in [0.2, 0.25) is 0 Å². The second kappa shape index (κ2) is 3.96. The third kappa shape index (κ3) is 1.62. The van der Waals surface area contributed by atoms with Crippen LogP contribution in [0.25, 0.3) is 16.9 Å². The van der Waals surface area contributed by atoms with Crippen LogP contribution < -0.4 is 0 Å². The summed E-state index contributed by atoms with van der Waals surface area (Å²) in [6.45, 7) is 0. The van der Waals surface area contributed by atoms with E-state index in [-0.39, 0.29) is 5.69 Å². The summed E-state index contributed by atoms with van der Waals surface area (Å²) in [5.74, 6) is -0.973. The van der Waals surface area contributed by atoms with E-state index < -0.39 is 5.97 Å². The molecule has 0 saturated carbocycles. The van der Waals surface area contributed by atoms with E-state index in [1.165, 1.54) is 0 Å². The smallest absolute Gasteiger partial charge is 0.352 e. The van der Waals surface area contributed by atoms with Gasteiger partial charge in [0.25, 0.3) is 0 Å². The van der Waals surface area contributed by atoms with Crippen LogP contribution in [0, 0.1) is 0 Å². The molecule has 3 aromatic rings. The van der Waals surface area contributed by atoms with Crippen LogP contribution in [0.3, 0.4) is 0 Å². The van der Waals surface area contributed by atoms with Gasteiger partial charge in [0.05, 0.1) is 5.69 Å². The van der Waals surface area contributed by atoms with Gasteiger partial charge in [-0.15, -0.1) is 0 Å². The van der Waals surface area contributed by atoms with Crippen LogP contribution >= 0.6 is 0 Å². The minimum Gasteiger partial charge on any atom is -0.477 e. The Kier molecular flexibility index (Phi) is 2.30. The van der Waals surface area contributed by atoms with E-state index in [9.17, 15) is 4.79 Å². The summed E-state index contributed by atoms with van der Waals surface area (Å²) < 4.78 is 1.57. The minimum atomic E-state index is -0.973. The Labute approximate surface area is 102 Å². The van der Waals surface area contributed by atoms with Crippen molar-refractivity contribution in [2.24, 2.45) is 0 Å². The third-order valence-corrected chi connectivity index (χ3v) is 2.69. The Balaban J connectivity index is 2.23. The number of carboxylic acid groups (broad SMARTS) is 1. The van der Waals surface area contributed by atoms with Gasteiger partial charge < -0.3 is 5.11 Å². The average Bonchev–Trinajstić information content (AvgIpc) is 2.83. The molecular weight excluding hydrogens is 230 g/mol. The topological polar surface area (TPSA) is 67.5 Å². The lowest BCUT2D eigenvalue weighted by Crippen LogP contribution is -2.03. The lowest BCUT2D eigenvalue weighted by atomic mass is 10.2. The summed E-state index contributed by atoms with van der Waals surface area (Å²) in [5.41, 5.74) is 2.44. The van der Waals surface area contributed by atoms with E-state index in [4.69, 9.17) is 5.11 Å². The number of aromatic nitrogens is 3. The van der Waals surface area contributed by atoms with Crippen molar-refractivity contribution in [1.29, 1.82) is 0 Å². The zero-order valence-electron chi connectivity index (χ0n) is 9.32. The molecule has 0 saturated heterocycles. The van der Waals surface area contributed by atoms with Crippen LogP contribution in [-0.2, 0) is 0 Å². The number of aromatic carboxylic acids is 1. The van der Waals surface area contributed by atoms with Crippen molar-refractivity contribution in [2.75, 3.05) is 0 Å². The summed E-state index contributed by atoms with van der Waals surface area (Å²) in [6.07, 6.45) is 5.07. The standard InChI is InChI=1S/C13H9N3O2/c17-13(18)11-2-1-3-12-15-10(8-16(11)12)9-4-6-14-7-5-9/h1-8H,(H,17,18). The van der Waals surface area contributed by atoms with Crippen molar-refractivity contribution in [2.45, 2.75) is 0 Å². The number of fused-ring (bicyclic) bond motifs is 1. The maximum Gasteiger partial charge on any atom is 0.352 e. The molecule has 0 fully saturated rings. The van der Waals surface area contributed by atoms with Crippen molar-refractivity contribution in [1.82, 2.24) is 14.4 Å². The van der Waals surface area contributed by atoms with Gasteiger partial charge in [0, 0.05) is 24.2 Å². The fourth-order valence-electron chi connectivity index (χ4n) is 1.85.